The minimum absolute atomic E-state index is 0.319. The van der Waals surface area contributed by atoms with Gasteiger partial charge in [0, 0.05) is 6.42 Å². The fourth-order valence-electron chi connectivity index (χ4n) is 1.41. The Morgan fingerprint density at radius 2 is 2.35 bits per heavy atom. The number of aryl methyl sites for hydroxylation is 1. The zero-order valence-electron chi connectivity index (χ0n) is 9.49. The van der Waals surface area contributed by atoms with Crippen LogP contribution in [0.2, 0.25) is 0 Å². The third kappa shape index (κ3) is 2.03. The van der Waals surface area contributed by atoms with E-state index in [0.717, 1.165) is 12.2 Å². The SMILES string of the molecule is CCc1ccc(-c2nnnn2C(C)C(=O)O)o1. The number of aliphatic carboxylic acids is 1. The summed E-state index contributed by atoms with van der Waals surface area (Å²) in [5.74, 6) is 0.595. The molecule has 0 radical (unpaired) electrons. The molecule has 2 aromatic heterocycles. The summed E-state index contributed by atoms with van der Waals surface area (Å²) in [5, 5.41) is 19.9. The highest BCUT2D eigenvalue weighted by atomic mass is 16.4. The van der Waals surface area contributed by atoms with Gasteiger partial charge in [-0.1, -0.05) is 6.92 Å². The molecule has 0 aromatic carbocycles. The summed E-state index contributed by atoms with van der Waals surface area (Å²) in [6, 6.07) is 2.71. The van der Waals surface area contributed by atoms with Crippen LogP contribution in [0, 0.1) is 0 Å². The second-order valence-corrected chi connectivity index (χ2v) is 3.58. The van der Waals surface area contributed by atoms with Gasteiger partial charge in [-0.25, -0.2) is 9.48 Å². The molecule has 1 N–H and O–H groups in total. The number of carboxylic acid groups (broad SMARTS) is 1. The van der Waals surface area contributed by atoms with Gasteiger partial charge in [0.25, 0.3) is 0 Å². The van der Waals surface area contributed by atoms with Crippen molar-refractivity contribution < 1.29 is 14.3 Å². The molecule has 0 aliphatic carbocycles. The first kappa shape index (κ1) is 11.3. The lowest BCUT2D eigenvalue weighted by Gasteiger charge is -2.06. The Hall–Kier alpha value is -2.18. The highest BCUT2D eigenvalue weighted by Gasteiger charge is 2.21. The van der Waals surface area contributed by atoms with Gasteiger partial charge >= 0.3 is 5.97 Å². The van der Waals surface area contributed by atoms with Crippen LogP contribution in [0.5, 0.6) is 0 Å². The number of carboxylic acids is 1. The zero-order valence-corrected chi connectivity index (χ0v) is 9.49. The van der Waals surface area contributed by atoms with E-state index >= 15 is 0 Å². The van der Waals surface area contributed by atoms with Crippen molar-refractivity contribution in [2.75, 3.05) is 0 Å². The van der Waals surface area contributed by atoms with Crippen molar-refractivity contribution in [3.8, 4) is 11.6 Å². The average Bonchev–Trinajstić information content (AvgIpc) is 2.95. The number of hydrogen-bond acceptors (Lipinski definition) is 5. The predicted molar refractivity (Wildman–Crippen MR) is 57.2 cm³/mol. The summed E-state index contributed by atoms with van der Waals surface area (Å²) in [4.78, 5) is 10.9. The number of carbonyl (C=O) groups is 1. The van der Waals surface area contributed by atoms with Gasteiger partial charge < -0.3 is 9.52 Å². The number of aromatic nitrogens is 4. The van der Waals surface area contributed by atoms with E-state index in [9.17, 15) is 4.79 Å². The number of nitrogens with zero attached hydrogens (tertiary/aromatic N) is 4. The molecule has 0 saturated heterocycles. The van der Waals surface area contributed by atoms with Gasteiger partial charge in [0.2, 0.25) is 5.82 Å². The minimum Gasteiger partial charge on any atom is -0.480 e. The second kappa shape index (κ2) is 4.36. The first-order valence-electron chi connectivity index (χ1n) is 5.23. The van der Waals surface area contributed by atoms with Gasteiger partial charge in [-0.2, -0.15) is 0 Å². The van der Waals surface area contributed by atoms with Crippen LogP contribution < -0.4 is 0 Å². The van der Waals surface area contributed by atoms with Crippen molar-refractivity contribution in [1.82, 2.24) is 20.2 Å². The first-order valence-corrected chi connectivity index (χ1v) is 5.23. The topological polar surface area (TPSA) is 94.0 Å². The Balaban J connectivity index is 2.39. The van der Waals surface area contributed by atoms with Crippen LogP contribution in [0.4, 0.5) is 0 Å². The van der Waals surface area contributed by atoms with E-state index in [1.165, 1.54) is 11.6 Å². The molecule has 0 spiro atoms. The quantitative estimate of drug-likeness (QED) is 0.855. The molecule has 2 rings (SSSR count). The molecule has 1 unspecified atom stereocenters. The lowest BCUT2D eigenvalue weighted by atomic mass is 10.3. The maximum Gasteiger partial charge on any atom is 0.328 e. The molecule has 7 heteroatoms. The van der Waals surface area contributed by atoms with Gasteiger partial charge in [0.1, 0.15) is 5.76 Å². The molecular weight excluding hydrogens is 224 g/mol. The number of furan rings is 1. The van der Waals surface area contributed by atoms with Crippen LogP contribution in [0.25, 0.3) is 11.6 Å². The highest BCUT2D eigenvalue weighted by molar-refractivity contribution is 5.72. The molecule has 1 atom stereocenters. The number of rotatable bonds is 4. The fourth-order valence-corrected chi connectivity index (χ4v) is 1.41. The smallest absolute Gasteiger partial charge is 0.328 e. The standard InChI is InChI=1S/C10H12N4O3/c1-3-7-4-5-8(17-7)9-11-12-13-14(9)6(2)10(15)16/h4-6H,3H2,1-2H3,(H,15,16). The van der Waals surface area contributed by atoms with Crippen molar-refractivity contribution in [1.29, 1.82) is 0 Å². The largest absolute Gasteiger partial charge is 0.480 e. The summed E-state index contributed by atoms with van der Waals surface area (Å²) in [6.45, 7) is 3.47. The number of tetrazole rings is 1. The van der Waals surface area contributed by atoms with Crippen molar-refractivity contribution >= 4 is 5.97 Å². The van der Waals surface area contributed by atoms with Gasteiger partial charge in [-0.05, 0) is 29.5 Å². The fraction of sp³-hybridized carbons (Fsp3) is 0.400. The lowest BCUT2D eigenvalue weighted by Crippen LogP contribution is -2.17. The summed E-state index contributed by atoms with van der Waals surface area (Å²) in [7, 11) is 0. The summed E-state index contributed by atoms with van der Waals surface area (Å²) in [6.07, 6.45) is 0.760. The first-order chi connectivity index (χ1) is 8.13. The number of hydrogen-bond donors (Lipinski definition) is 1. The van der Waals surface area contributed by atoms with Gasteiger partial charge in [0.15, 0.2) is 11.8 Å². The van der Waals surface area contributed by atoms with Crippen molar-refractivity contribution in [2.24, 2.45) is 0 Å². The van der Waals surface area contributed by atoms with E-state index in [1.807, 2.05) is 13.0 Å². The summed E-state index contributed by atoms with van der Waals surface area (Å²) in [5.41, 5.74) is 0. The monoisotopic (exact) mass is 236 g/mol. The third-order valence-corrected chi connectivity index (χ3v) is 2.45. The molecule has 2 heterocycles. The van der Waals surface area contributed by atoms with Gasteiger partial charge in [-0.15, -0.1) is 5.10 Å². The van der Waals surface area contributed by atoms with Gasteiger partial charge in [0.05, 0.1) is 0 Å². The van der Waals surface area contributed by atoms with E-state index in [1.54, 1.807) is 6.07 Å². The normalized spacial score (nSPS) is 12.6. The van der Waals surface area contributed by atoms with E-state index in [2.05, 4.69) is 15.5 Å². The van der Waals surface area contributed by atoms with E-state index in [4.69, 9.17) is 9.52 Å². The third-order valence-electron chi connectivity index (χ3n) is 2.45. The van der Waals surface area contributed by atoms with Gasteiger partial charge in [-0.3, -0.25) is 0 Å². The molecular formula is C10H12N4O3. The predicted octanol–water partition coefficient (Wildman–Crippen LogP) is 1.14. The van der Waals surface area contributed by atoms with Crippen molar-refractivity contribution in [2.45, 2.75) is 26.3 Å². The van der Waals surface area contributed by atoms with Crippen LogP contribution >= 0.6 is 0 Å². The lowest BCUT2D eigenvalue weighted by molar-refractivity contribution is -0.140. The van der Waals surface area contributed by atoms with Crippen LogP contribution in [-0.4, -0.2) is 31.3 Å². The minimum atomic E-state index is -0.999. The highest BCUT2D eigenvalue weighted by Crippen LogP contribution is 2.21. The van der Waals surface area contributed by atoms with Crippen LogP contribution in [0.15, 0.2) is 16.5 Å². The van der Waals surface area contributed by atoms with Crippen LogP contribution in [-0.2, 0) is 11.2 Å². The molecule has 2 aromatic rings. The molecule has 0 aliphatic heterocycles. The summed E-state index contributed by atoms with van der Waals surface area (Å²) < 4.78 is 6.71. The molecule has 0 aliphatic rings. The Morgan fingerprint density at radius 1 is 1.59 bits per heavy atom. The van der Waals surface area contributed by atoms with Crippen molar-refractivity contribution in [3.05, 3.63) is 17.9 Å². The molecule has 90 valence electrons. The molecule has 0 bridgehead atoms. The Kier molecular flexibility index (Phi) is 2.90. The van der Waals surface area contributed by atoms with E-state index < -0.39 is 12.0 Å². The molecule has 0 saturated carbocycles. The molecule has 0 amide bonds. The Morgan fingerprint density at radius 3 is 2.94 bits per heavy atom. The van der Waals surface area contributed by atoms with Crippen molar-refractivity contribution in [3.63, 3.8) is 0 Å². The zero-order chi connectivity index (χ0) is 12.4. The Bertz CT molecular complexity index is 531. The molecule has 17 heavy (non-hydrogen) atoms. The second-order valence-electron chi connectivity index (χ2n) is 3.58. The summed E-state index contributed by atoms with van der Waals surface area (Å²) >= 11 is 0. The molecule has 0 fully saturated rings. The maximum absolute atomic E-state index is 10.9. The average molecular weight is 236 g/mol. The van der Waals surface area contributed by atoms with E-state index in [0.29, 0.717) is 11.6 Å². The maximum atomic E-state index is 10.9. The van der Waals surface area contributed by atoms with Crippen LogP contribution in [0.1, 0.15) is 25.6 Å². The van der Waals surface area contributed by atoms with Crippen LogP contribution in [0.3, 0.4) is 0 Å². The Labute approximate surface area is 97.0 Å². The van der Waals surface area contributed by atoms with E-state index in [-0.39, 0.29) is 0 Å². The molecule has 7 nitrogen and oxygen atoms in total.